The lowest BCUT2D eigenvalue weighted by atomic mass is 10.3. The summed E-state index contributed by atoms with van der Waals surface area (Å²) >= 11 is 5.70. The molecule has 2 nitrogen and oxygen atoms in total. The van der Waals surface area contributed by atoms with Crippen molar-refractivity contribution in [2.75, 3.05) is 0 Å². The topological polar surface area (TPSA) is 17.8 Å². The fourth-order valence-electron chi connectivity index (χ4n) is 1.12. The Morgan fingerprint density at radius 3 is 3.08 bits per heavy atom. The molecule has 66 valence electrons. The van der Waals surface area contributed by atoms with Gasteiger partial charge in [0.05, 0.1) is 6.54 Å². The summed E-state index contributed by atoms with van der Waals surface area (Å²) in [6, 6.07) is 0. The molecule has 3 heteroatoms. The second-order valence-corrected chi connectivity index (χ2v) is 3.27. The summed E-state index contributed by atoms with van der Waals surface area (Å²) in [5, 5.41) is 0.644. The molecule has 0 bridgehead atoms. The minimum absolute atomic E-state index is 0.644. The van der Waals surface area contributed by atoms with Crippen LogP contribution in [0.4, 0.5) is 0 Å². The van der Waals surface area contributed by atoms with E-state index in [0.717, 1.165) is 18.7 Å². The molecule has 1 aromatic rings. The van der Waals surface area contributed by atoms with Crippen LogP contribution in [-0.4, -0.2) is 9.55 Å². The number of aryl methyl sites for hydroxylation is 1. The maximum Gasteiger partial charge on any atom is 0.108 e. The van der Waals surface area contributed by atoms with Gasteiger partial charge in [0.2, 0.25) is 0 Å². The van der Waals surface area contributed by atoms with Gasteiger partial charge in [0.15, 0.2) is 0 Å². The Hall–Kier alpha value is -0.760. The molecule has 1 rings (SSSR count). The van der Waals surface area contributed by atoms with Gasteiger partial charge in [-0.15, -0.1) is 0 Å². The first-order valence-electron chi connectivity index (χ1n) is 4.07. The summed E-state index contributed by atoms with van der Waals surface area (Å²) in [7, 11) is 0. The predicted molar refractivity (Wildman–Crippen MR) is 51.2 cm³/mol. The summed E-state index contributed by atoms with van der Waals surface area (Å²) < 4.78 is 2.03. The van der Waals surface area contributed by atoms with E-state index in [1.807, 2.05) is 10.8 Å². The zero-order valence-electron chi connectivity index (χ0n) is 7.26. The van der Waals surface area contributed by atoms with Crippen molar-refractivity contribution in [3.8, 4) is 0 Å². The lowest BCUT2D eigenvalue weighted by Gasteiger charge is -2.04. The highest BCUT2D eigenvalue weighted by atomic mass is 35.5. The Labute approximate surface area is 77.9 Å². The van der Waals surface area contributed by atoms with Crippen molar-refractivity contribution in [2.24, 2.45) is 0 Å². The molecule has 1 aromatic heterocycles. The minimum Gasteiger partial charge on any atom is -0.330 e. The van der Waals surface area contributed by atoms with Crippen LogP contribution in [0.1, 0.15) is 19.2 Å². The number of rotatable bonds is 4. The number of hydrogen-bond acceptors (Lipinski definition) is 1. The largest absolute Gasteiger partial charge is 0.330 e. The van der Waals surface area contributed by atoms with Crippen molar-refractivity contribution in [3.05, 3.63) is 29.8 Å². The summed E-state index contributed by atoms with van der Waals surface area (Å²) in [4.78, 5) is 4.22. The fourth-order valence-corrected chi connectivity index (χ4v) is 1.25. The normalized spacial score (nSPS) is 10.2. The van der Waals surface area contributed by atoms with Gasteiger partial charge in [-0.25, -0.2) is 4.98 Å². The molecule has 0 spiro atoms. The maximum atomic E-state index is 5.70. The molecule has 0 fully saturated rings. The number of halogens is 1. The highest BCUT2D eigenvalue weighted by molar-refractivity contribution is 6.29. The van der Waals surface area contributed by atoms with Crippen molar-refractivity contribution in [1.29, 1.82) is 0 Å². The van der Waals surface area contributed by atoms with Gasteiger partial charge in [-0.2, -0.15) is 0 Å². The van der Waals surface area contributed by atoms with Crippen molar-refractivity contribution in [1.82, 2.24) is 9.55 Å². The zero-order valence-corrected chi connectivity index (χ0v) is 8.01. The van der Waals surface area contributed by atoms with Gasteiger partial charge in [0.25, 0.3) is 0 Å². The summed E-state index contributed by atoms with van der Waals surface area (Å²) in [6.45, 7) is 6.45. The lowest BCUT2D eigenvalue weighted by Crippen LogP contribution is -2.02. The van der Waals surface area contributed by atoms with Gasteiger partial charge in [0.1, 0.15) is 5.82 Å². The van der Waals surface area contributed by atoms with E-state index in [2.05, 4.69) is 18.5 Å². The molecule has 0 aliphatic carbocycles. The number of hydrogen-bond donors (Lipinski definition) is 0. The number of nitrogens with zero attached hydrogens (tertiary/aromatic N) is 2. The number of allylic oxidation sites excluding steroid dienone is 1. The van der Waals surface area contributed by atoms with Crippen LogP contribution >= 0.6 is 11.6 Å². The van der Waals surface area contributed by atoms with Crippen molar-refractivity contribution >= 4 is 11.6 Å². The van der Waals surface area contributed by atoms with Gasteiger partial charge in [-0.1, -0.05) is 25.1 Å². The third-order valence-corrected chi connectivity index (χ3v) is 1.74. The van der Waals surface area contributed by atoms with E-state index in [1.165, 1.54) is 0 Å². The molecule has 0 aromatic carbocycles. The van der Waals surface area contributed by atoms with E-state index in [0.29, 0.717) is 11.6 Å². The van der Waals surface area contributed by atoms with E-state index in [9.17, 15) is 0 Å². The lowest BCUT2D eigenvalue weighted by molar-refractivity contribution is 0.712. The zero-order chi connectivity index (χ0) is 8.97. The number of imidazole rings is 1. The van der Waals surface area contributed by atoms with Crippen LogP contribution in [-0.2, 0) is 13.0 Å². The van der Waals surface area contributed by atoms with Crippen LogP contribution < -0.4 is 0 Å². The Morgan fingerprint density at radius 2 is 2.50 bits per heavy atom. The van der Waals surface area contributed by atoms with Crippen LogP contribution in [0, 0.1) is 0 Å². The number of aromatic nitrogens is 2. The molecule has 0 aliphatic rings. The van der Waals surface area contributed by atoms with Crippen molar-refractivity contribution < 1.29 is 0 Å². The molecule has 0 unspecified atom stereocenters. The smallest absolute Gasteiger partial charge is 0.108 e. The highest BCUT2D eigenvalue weighted by Crippen LogP contribution is 2.06. The molecule has 0 saturated heterocycles. The predicted octanol–water partition coefficient (Wildman–Crippen LogP) is 2.59. The molecule has 1 heterocycles. The monoisotopic (exact) mass is 184 g/mol. The van der Waals surface area contributed by atoms with Gasteiger partial charge in [0, 0.05) is 23.8 Å². The quantitative estimate of drug-likeness (QED) is 0.704. The Bertz CT molecular complexity index is 265. The Balaban J connectivity index is 2.69. The Morgan fingerprint density at radius 1 is 1.75 bits per heavy atom. The Kier molecular flexibility index (Phi) is 3.35. The van der Waals surface area contributed by atoms with Crippen LogP contribution in [0.3, 0.4) is 0 Å². The van der Waals surface area contributed by atoms with Crippen LogP contribution in [0.25, 0.3) is 0 Å². The maximum absolute atomic E-state index is 5.70. The first-order valence-corrected chi connectivity index (χ1v) is 4.45. The second-order valence-electron chi connectivity index (χ2n) is 2.74. The molecule has 0 amide bonds. The molecule has 0 radical (unpaired) electrons. The van der Waals surface area contributed by atoms with Crippen LogP contribution in [0.5, 0.6) is 0 Å². The van der Waals surface area contributed by atoms with E-state index >= 15 is 0 Å². The highest BCUT2D eigenvalue weighted by Gasteiger charge is 2.00. The first kappa shape index (κ1) is 9.33. The molecule has 0 saturated carbocycles. The fraction of sp³-hybridized carbons (Fsp3) is 0.444. The molecule has 0 aliphatic heterocycles. The van der Waals surface area contributed by atoms with E-state index in [4.69, 9.17) is 11.6 Å². The SMILES string of the molecule is C=C(Cl)Cn1ccnc1CCC. The van der Waals surface area contributed by atoms with Crippen molar-refractivity contribution in [3.63, 3.8) is 0 Å². The summed E-state index contributed by atoms with van der Waals surface area (Å²) in [5.74, 6) is 1.08. The van der Waals surface area contributed by atoms with E-state index < -0.39 is 0 Å². The molecule has 12 heavy (non-hydrogen) atoms. The van der Waals surface area contributed by atoms with Crippen LogP contribution in [0.2, 0.25) is 0 Å². The van der Waals surface area contributed by atoms with Gasteiger partial charge >= 0.3 is 0 Å². The third-order valence-electron chi connectivity index (χ3n) is 1.62. The standard InChI is InChI=1S/C9H13ClN2/c1-3-4-9-11-5-6-12(9)7-8(2)10/h5-6H,2-4,7H2,1H3. The molecular formula is C9H13ClN2. The van der Waals surface area contributed by atoms with Gasteiger partial charge < -0.3 is 4.57 Å². The van der Waals surface area contributed by atoms with E-state index in [1.54, 1.807) is 6.20 Å². The molecule has 0 N–H and O–H groups in total. The molecular weight excluding hydrogens is 172 g/mol. The summed E-state index contributed by atoms with van der Waals surface area (Å²) in [5.41, 5.74) is 0. The first-order chi connectivity index (χ1) is 5.74. The second kappa shape index (κ2) is 4.31. The van der Waals surface area contributed by atoms with E-state index in [-0.39, 0.29) is 0 Å². The minimum atomic E-state index is 0.644. The molecule has 0 atom stereocenters. The van der Waals surface area contributed by atoms with Gasteiger partial charge in [-0.3, -0.25) is 0 Å². The summed E-state index contributed by atoms with van der Waals surface area (Å²) in [6.07, 6.45) is 5.83. The third kappa shape index (κ3) is 2.38. The van der Waals surface area contributed by atoms with Crippen molar-refractivity contribution in [2.45, 2.75) is 26.3 Å². The van der Waals surface area contributed by atoms with Gasteiger partial charge in [-0.05, 0) is 6.42 Å². The average molecular weight is 185 g/mol. The van der Waals surface area contributed by atoms with Crippen LogP contribution in [0.15, 0.2) is 24.0 Å². The average Bonchev–Trinajstić information content (AvgIpc) is 2.37.